The lowest BCUT2D eigenvalue weighted by Crippen LogP contribution is -2.07. The van der Waals surface area contributed by atoms with Crippen molar-refractivity contribution < 1.29 is 22.3 Å². The second kappa shape index (κ2) is 5.65. The highest BCUT2D eigenvalue weighted by Crippen LogP contribution is 2.32. The van der Waals surface area contributed by atoms with Gasteiger partial charge in [-0.05, 0) is 18.2 Å². The van der Waals surface area contributed by atoms with Crippen molar-refractivity contribution in [3.63, 3.8) is 0 Å². The SMILES string of the molecule is COCc1cc(N)nc(-c2cc(F)cc(C(F)(F)F)c2)n1. The number of alkyl halides is 3. The first-order chi connectivity index (χ1) is 9.79. The molecule has 0 spiro atoms. The smallest absolute Gasteiger partial charge is 0.384 e. The Morgan fingerprint density at radius 3 is 2.48 bits per heavy atom. The summed E-state index contributed by atoms with van der Waals surface area (Å²) < 4.78 is 56.3. The normalized spacial score (nSPS) is 11.7. The fourth-order valence-corrected chi connectivity index (χ4v) is 1.75. The third-order valence-corrected chi connectivity index (χ3v) is 2.57. The summed E-state index contributed by atoms with van der Waals surface area (Å²) in [6.07, 6.45) is -4.66. The molecule has 112 valence electrons. The van der Waals surface area contributed by atoms with Gasteiger partial charge in [-0.3, -0.25) is 0 Å². The first-order valence-electron chi connectivity index (χ1n) is 5.80. The molecule has 21 heavy (non-hydrogen) atoms. The second-order valence-corrected chi connectivity index (χ2v) is 4.27. The van der Waals surface area contributed by atoms with E-state index in [1.807, 2.05) is 0 Å². The summed E-state index contributed by atoms with van der Waals surface area (Å²) in [5.41, 5.74) is 4.73. The van der Waals surface area contributed by atoms with Gasteiger partial charge >= 0.3 is 6.18 Å². The molecule has 1 aromatic carbocycles. The number of ether oxygens (including phenoxy) is 1. The van der Waals surface area contributed by atoms with Gasteiger partial charge < -0.3 is 10.5 Å². The number of halogens is 4. The molecule has 0 fully saturated rings. The summed E-state index contributed by atoms with van der Waals surface area (Å²) in [6.45, 7) is 0.112. The summed E-state index contributed by atoms with van der Waals surface area (Å²) in [4.78, 5) is 7.84. The molecule has 2 N–H and O–H groups in total. The van der Waals surface area contributed by atoms with Crippen LogP contribution in [0.25, 0.3) is 11.4 Å². The number of methoxy groups -OCH3 is 1. The Kier molecular flexibility index (Phi) is 4.08. The molecule has 0 atom stereocenters. The number of nitrogens with two attached hydrogens (primary N) is 1. The Morgan fingerprint density at radius 2 is 1.86 bits per heavy atom. The number of nitrogen functional groups attached to an aromatic ring is 1. The van der Waals surface area contributed by atoms with Crippen LogP contribution in [0.2, 0.25) is 0 Å². The zero-order chi connectivity index (χ0) is 15.6. The number of rotatable bonds is 3. The molecule has 0 bridgehead atoms. The predicted octanol–water partition coefficient (Wildman–Crippen LogP) is 3.03. The van der Waals surface area contributed by atoms with Gasteiger partial charge in [-0.15, -0.1) is 0 Å². The number of benzene rings is 1. The molecular formula is C13H11F4N3O. The van der Waals surface area contributed by atoms with Crippen LogP contribution in [0.4, 0.5) is 23.4 Å². The molecule has 0 amide bonds. The first-order valence-corrected chi connectivity index (χ1v) is 5.80. The third kappa shape index (κ3) is 3.66. The maximum absolute atomic E-state index is 13.4. The molecular weight excluding hydrogens is 290 g/mol. The minimum Gasteiger partial charge on any atom is -0.384 e. The van der Waals surface area contributed by atoms with Crippen LogP contribution in [0.3, 0.4) is 0 Å². The Hall–Kier alpha value is -2.22. The van der Waals surface area contributed by atoms with Crippen molar-refractivity contribution in [1.82, 2.24) is 9.97 Å². The lowest BCUT2D eigenvalue weighted by molar-refractivity contribution is -0.137. The molecule has 0 aliphatic carbocycles. The number of aromatic nitrogens is 2. The van der Waals surface area contributed by atoms with Crippen LogP contribution < -0.4 is 5.73 Å². The largest absolute Gasteiger partial charge is 0.416 e. The van der Waals surface area contributed by atoms with E-state index in [0.29, 0.717) is 11.8 Å². The number of hydrogen-bond acceptors (Lipinski definition) is 4. The van der Waals surface area contributed by atoms with Gasteiger partial charge in [0.15, 0.2) is 5.82 Å². The highest BCUT2D eigenvalue weighted by molar-refractivity contribution is 5.58. The molecule has 1 aromatic heterocycles. The van der Waals surface area contributed by atoms with Gasteiger partial charge in [0, 0.05) is 18.7 Å². The fraction of sp³-hybridized carbons (Fsp3) is 0.231. The maximum atomic E-state index is 13.4. The van der Waals surface area contributed by atoms with E-state index in [1.165, 1.54) is 13.2 Å². The zero-order valence-corrected chi connectivity index (χ0v) is 10.9. The molecule has 0 saturated heterocycles. The van der Waals surface area contributed by atoms with Crippen LogP contribution in [0, 0.1) is 5.82 Å². The molecule has 0 aliphatic heterocycles. The van der Waals surface area contributed by atoms with Gasteiger partial charge in [-0.2, -0.15) is 13.2 Å². The van der Waals surface area contributed by atoms with Gasteiger partial charge in [0.25, 0.3) is 0 Å². The summed E-state index contributed by atoms with van der Waals surface area (Å²) in [6, 6.07) is 3.53. The van der Waals surface area contributed by atoms with Crippen LogP contribution in [0.5, 0.6) is 0 Å². The lowest BCUT2D eigenvalue weighted by atomic mass is 10.1. The summed E-state index contributed by atoms with van der Waals surface area (Å²) in [5.74, 6) is -1.06. The minimum absolute atomic E-state index is 0.0601. The predicted molar refractivity (Wildman–Crippen MR) is 67.6 cm³/mol. The average molecular weight is 301 g/mol. The quantitative estimate of drug-likeness (QED) is 0.885. The molecule has 4 nitrogen and oxygen atoms in total. The fourth-order valence-electron chi connectivity index (χ4n) is 1.75. The number of hydrogen-bond donors (Lipinski definition) is 1. The van der Waals surface area contributed by atoms with Crippen molar-refractivity contribution in [3.8, 4) is 11.4 Å². The van der Waals surface area contributed by atoms with Crippen molar-refractivity contribution >= 4 is 5.82 Å². The molecule has 2 rings (SSSR count). The maximum Gasteiger partial charge on any atom is 0.416 e. The van der Waals surface area contributed by atoms with E-state index in [4.69, 9.17) is 10.5 Å². The Balaban J connectivity index is 2.53. The second-order valence-electron chi connectivity index (χ2n) is 4.27. The highest BCUT2D eigenvalue weighted by atomic mass is 19.4. The Labute approximate surface area is 117 Å². The summed E-state index contributed by atoms with van der Waals surface area (Å²) in [5, 5.41) is 0. The van der Waals surface area contributed by atoms with Crippen molar-refractivity contribution in [2.75, 3.05) is 12.8 Å². The monoisotopic (exact) mass is 301 g/mol. The van der Waals surface area contributed by atoms with E-state index in [2.05, 4.69) is 9.97 Å². The summed E-state index contributed by atoms with van der Waals surface area (Å²) >= 11 is 0. The van der Waals surface area contributed by atoms with E-state index >= 15 is 0 Å². The Morgan fingerprint density at radius 1 is 1.14 bits per heavy atom. The highest BCUT2D eigenvalue weighted by Gasteiger charge is 2.31. The Bertz CT molecular complexity index is 658. The van der Waals surface area contributed by atoms with Crippen LogP contribution in [0.15, 0.2) is 24.3 Å². The van der Waals surface area contributed by atoms with Crippen LogP contribution >= 0.6 is 0 Å². The van der Waals surface area contributed by atoms with E-state index in [9.17, 15) is 17.6 Å². The minimum atomic E-state index is -4.66. The standard InChI is InChI=1S/C13H11F4N3O/c1-21-6-10-5-11(18)20-12(19-10)7-2-8(13(15,16)17)4-9(14)3-7/h2-5H,6H2,1H3,(H2,18,19,20). The number of nitrogens with zero attached hydrogens (tertiary/aromatic N) is 2. The molecule has 0 saturated carbocycles. The van der Waals surface area contributed by atoms with Crippen LogP contribution in [-0.2, 0) is 17.5 Å². The van der Waals surface area contributed by atoms with Gasteiger partial charge in [0.2, 0.25) is 0 Å². The first kappa shape index (κ1) is 15.2. The lowest BCUT2D eigenvalue weighted by Gasteiger charge is -2.10. The van der Waals surface area contributed by atoms with E-state index in [0.717, 1.165) is 12.1 Å². The average Bonchev–Trinajstić information content (AvgIpc) is 2.36. The topological polar surface area (TPSA) is 61.0 Å². The van der Waals surface area contributed by atoms with Crippen molar-refractivity contribution in [2.24, 2.45) is 0 Å². The molecule has 0 aliphatic rings. The molecule has 0 radical (unpaired) electrons. The molecule has 1 heterocycles. The zero-order valence-electron chi connectivity index (χ0n) is 10.9. The van der Waals surface area contributed by atoms with Gasteiger partial charge in [0.1, 0.15) is 11.6 Å². The van der Waals surface area contributed by atoms with Gasteiger partial charge in [-0.25, -0.2) is 14.4 Å². The van der Waals surface area contributed by atoms with Gasteiger partial charge in [-0.1, -0.05) is 0 Å². The van der Waals surface area contributed by atoms with E-state index in [1.54, 1.807) is 0 Å². The third-order valence-electron chi connectivity index (χ3n) is 2.57. The molecule has 8 heteroatoms. The summed E-state index contributed by atoms with van der Waals surface area (Å²) in [7, 11) is 1.43. The van der Waals surface area contributed by atoms with Gasteiger partial charge in [0.05, 0.1) is 17.9 Å². The molecule has 0 unspecified atom stereocenters. The number of anilines is 1. The van der Waals surface area contributed by atoms with Crippen molar-refractivity contribution in [2.45, 2.75) is 12.8 Å². The molecule has 2 aromatic rings. The van der Waals surface area contributed by atoms with E-state index < -0.39 is 17.6 Å². The van der Waals surface area contributed by atoms with Crippen LogP contribution in [-0.4, -0.2) is 17.1 Å². The van der Waals surface area contributed by atoms with Crippen molar-refractivity contribution in [1.29, 1.82) is 0 Å². The van der Waals surface area contributed by atoms with Crippen molar-refractivity contribution in [3.05, 3.63) is 41.3 Å². The van der Waals surface area contributed by atoms with E-state index in [-0.39, 0.29) is 23.8 Å². The van der Waals surface area contributed by atoms with Crippen LogP contribution in [0.1, 0.15) is 11.3 Å².